The Labute approximate surface area is 238 Å². The molecule has 1 aromatic carbocycles. The summed E-state index contributed by atoms with van der Waals surface area (Å²) >= 11 is 0. The van der Waals surface area contributed by atoms with Gasteiger partial charge in [-0.25, -0.2) is 0 Å². The molecule has 0 saturated heterocycles. The van der Waals surface area contributed by atoms with E-state index < -0.39 is 11.9 Å². The van der Waals surface area contributed by atoms with Crippen LogP contribution in [0.1, 0.15) is 55.0 Å². The first kappa shape index (κ1) is 32.4. The summed E-state index contributed by atoms with van der Waals surface area (Å²) in [6.45, 7) is 9.12. The van der Waals surface area contributed by atoms with Crippen molar-refractivity contribution in [2.45, 2.75) is 59.4 Å². The van der Waals surface area contributed by atoms with Crippen LogP contribution in [0.25, 0.3) is 11.1 Å². The molecule has 0 aliphatic carbocycles. The molecule has 1 unspecified atom stereocenters. The Bertz CT molecular complexity index is 1310. The summed E-state index contributed by atoms with van der Waals surface area (Å²) in [4.78, 5) is 41.2. The molecular weight excluding hydrogens is 504 g/mol. The number of benzene rings is 1. The van der Waals surface area contributed by atoms with E-state index in [-0.39, 0.29) is 11.5 Å². The number of methoxy groups -OCH3 is 1. The maximum Gasteiger partial charge on any atom is 0.305 e. The predicted octanol–water partition coefficient (Wildman–Crippen LogP) is 4.50. The number of aryl methyl sites for hydroxylation is 3. The van der Waals surface area contributed by atoms with Gasteiger partial charge in [-0.2, -0.15) is 0 Å². The lowest BCUT2D eigenvalue weighted by molar-refractivity contribution is -0.140. The van der Waals surface area contributed by atoms with Gasteiger partial charge in [0.25, 0.3) is 5.56 Å². The summed E-state index contributed by atoms with van der Waals surface area (Å²) in [7, 11) is 5.41. The Kier molecular flexibility index (Phi) is 12.7. The maximum absolute atomic E-state index is 12.0. The number of hydrogen-bond donors (Lipinski definition) is 1. The van der Waals surface area contributed by atoms with Crippen LogP contribution in [0.4, 0.5) is 0 Å². The first-order valence-electron chi connectivity index (χ1n) is 13.6. The second kappa shape index (κ2) is 15.7. The van der Waals surface area contributed by atoms with E-state index in [2.05, 4.69) is 52.7 Å². The minimum absolute atomic E-state index is 0.178. The minimum Gasteiger partial charge on any atom is -0.469 e. The van der Waals surface area contributed by atoms with Gasteiger partial charge >= 0.3 is 5.97 Å². The van der Waals surface area contributed by atoms with E-state index in [0.29, 0.717) is 25.2 Å². The van der Waals surface area contributed by atoms with Gasteiger partial charge in [-0.3, -0.25) is 19.4 Å². The molecule has 3 aromatic rings. The van der Waals surface area contributed by atoms with Crippen molar-refractivity contribution in [3.05, 3.63) is 87.6 Å². The summed E-state index contributed by atoms with van der Waals surface area (Å²) in [5.41, 5.74) is 12.1. The van der Waals surface area contributed by atoms with E-state index in [0.717, 1.165) is 29.7 Å². The molecule has 0 fully saturated rings. The number of rotatable bonds is 11. The lowest BCUT2D eigenvalue weighted by Gasteiger charge is -2.19. The summed E-state index contributed by atoms with van der Waals surface area (Å²) < 4.78 is 6.15. The predicted molar refractivity (Wildman–Crippen MR) is 160 cm³/mol. The fourth-order valence-electron chi connectivity index (χ4n) is 4.49. The van der Waals surface area contributed by atoms with Gasteiger partial charge in [0.1, 0.15) is 6.04 Å². The minimum atomic E-state index is -0.568. The Balaban J connectivity index is 0.000000280. The van der Waals surface area contributed by atoms with E-state index >= 15 is 0 Å². The molecule has 0 spiro atoms. The topological polar surface area (TPSA) is 108 Å². The molecule has 40 heavy (non-hydrogen) atoms. The first-order chi connectivity index (χ1) is 18.9. The SMILES string of the molecule is CC(C)CC(C(N)=O)n1cc(CCN(C)C)ccc1=O.COC(=O)CCc1cncc(-c2c(C)cccc2C)c1. The third-order valence-electron chi connectivity index (χ3n) is 6.62. The fourth-order valence-corrected chi connectivity index (χ4v) is 4.49. The van der Waals surface area contributed by atoms with E-state index in [4.69, 9.17) is 5.73 Å². The highest BCUT2D eigenvalue weighted by atomic mass is 16.5. The lowest BCUT2D eigenvalue weighted by Crippen LogP contribution is -2.34. The molecule has 1 atom stereocenters. The Hall–Kier alpha value is -3.78. The number of pyridine rings is 2. The van der Waals surface area contributed by atoms with Crippen LogP contribution in [-0.2, 0) is 27.2 Å². The zero-order valence-corrected chi connectivity index (χ0v) is 24.9. The molecular formula is C32H44N4O4. The summed E-state index contributed by atoms with van der Waals surface area (Å²) in [6, 6.07) is 11.1. The van der Waals surface area contributed by atoms with Crippen LogP contribution in [-0.4, -0.2) is 54.1 Å². The smallest absolute Gasteiger partial charge is 0.305 e. The zero-order chi connectivity index (χ0) is 29.8. The molecule has 0 aliphatic rings. The Morgan fingerprint density at radius 1 is 1.02 bits per heavy atom. The van der Waals surface area contributed by atoms with Crippen molar-refractivity contribution in [1.29, 1.82) is 0 Å². The van der Waals surface area contributed by atoms with Crippen LogP contribution >= 0.6 is 0 Å². The van der Waals surface area contributed by atoms with Crippen LogP contribution in [0.3, 0.4) is 0 Å². The van der Waals surface area contributed by atoms with Crippen LogP contribution < -0.4 is 11.3 Å². The van der Waals surface area contributed by atoms with E-state index in [9.17, 15) is 14.4 Å². The van der Waals surface area contributed by atoms with Gasteiger partial charge < -0.3 is 19.9 Å². The molecule has 2 heterocycles. The van der Waals surface area contributed by atoms with Gasteiger partial charge in [-0.1, -0.05) is 38.1 Å². The third kappa shape index (κ3) is 10.1. The fraction of sp³-hybridized carbons (Fsp3) is 0.438. The number of ether oxygens (including phenoxy) is 1. The molecule has 0 bridgehead atoms. The van der Waals surface area contributed by atoms with Crippen LogP contribution in [0, 0.1) is 19.8 Å². The van der Waals surface area contributed by atoms with Gasteiger partial charge in [-0.05, 0) is 87.0 Å². The van der Waals surface area contributed by atoms with E-state index in [1.54, 1.807) is 12.4 Å². The number of carbonyl (C=O) groups excluding carboxylic acids is 2. The van der Waals surface area contributed by atoms with Crippen molar-refractivity contribution >= 4 is 11.9 Å². The molecule has 2 aromatic heterocycles. The van der Waals surface area contributed by atoms with Gasteiger partial charge in [-0.15, -0.1) is 0 Å². The number of nitrogens with two attached hydrogens (primary N) is 1. The highest BCUT2D eigenvalue weighted by Gasteiger charge is 2.20. The number of nitrogens with zero attached hydrogens (tertiary/aromatic N) is 3. The molecule has 8 nitrogen and oxygen atoms in total. The molecule has 3 rings (SSSR count). The number of hydrogen-bond acceptors (Lipinski definition) is 6. The second-order valence-electron chi connectivity index (χ2n) is 10.8. The average Bonchev–Trinajstić information content (AvgIpc) is 2.90. The van der Waals surface area contributed by atoms with Crippen LogP contribution in [0.2, 0.25) is 0 Å². The largest absolute Gasteiger partial charge is 0.469 e. The highest BCUT2D eigenvalue weighted by Crippen LogP contribution is 2.27. The van der Waals surface area contributed by atoms with Crippen LogP contribution in [0.15, 0.2) is 59.8 Å². The van der Waals surface area contributed by atoms with Gasteiger partial charge in [0.05, 0.1) is 7.11 Å². The number of aromatic nitrogens is 2. The molecule has 0 aliphatic heterocycles. The summed E-state index contributed by atoms with van der Waals surface area (Å²) in [6.07, 6.45) is 7.89. The number of esters is 1. The Morgan fingerprint density at radius 3 is 2.27 bits per heavy atom. The molecule has 0 saturated carbocycles. The van der Waals surface area contributed by atoms with Crippen molar-refractivity contribution in [3.63, 3.8) is 0 Å². The summed E-state index contributed by atoms with van der Waals surface area (Å²) in [5, 5.41) is 0. The molecule has 8 heteroatoms. The normalized spacial score (nSPS) is 11.6. The van der Waals surface area contributed by atoms with E-state index in [1.807, 2.05) is 40.2 Å². The van der Waals surface area contributed by atoms with Gasteiger partial charge in [0.2, 0.25) is 5.91 Å². The van der Waals surface area contributed by atoms with Crippen molar-refractivity contribution in [2.75, 3.05) is 27.7 Å². The van der Waals surface area contributed by atoms with Gasteiger partial charge in [0, 0.05) is 43.2 Å². The molecule has 0 radical (unpaired) electrons. The van der Waals surface area contributed by atoms with Crippen molar-refractivity contribution in [1.82, 2.24) is 14.5 Å². The highest BCUT2D eigenvalue weighted by molar-refractivity contribution is 5.78. The second-order valence-corrected chi connectivity index (χ2v) is 10.8. The number of likely N-dealkylation sites (N-methyl/N-ethyl adjacent to an activating group) is 1. The lowest BCUT2D eigenvalue weighted by atomic mass is 9.96. The number of carbonyl (C=O) groups is 2. The summed E-state index contributed by atoms with van der Waals surface area (Å²) in [5.74, 6) is -0.349. The number of amides is 1. The molecule has 216 valence electrons. The number of primary amides is 1. The Morgan fingerprint density at radius 2 is 1.70 bits per heavy atom. The third-order valence-corrected chi connectivity index (χ3v) is 6.62. The van der Waals surface area contributed by atoms with Crippen molar-refractivity contribution in [2.24, 2.45) is 11.7 Å². The zero-order valence-electron chi connectivity index (χ0n) is 24.9. The van der Waals surface area contributed by atoms with Crippen molar-refractivity contribution in [3.8, 4) is 11.1 Å². The monoisotopic (exact) mass is 548 g/mol. The molecule has 2 N–H and O–H groups in total. The standard InChI is InChI=1S/C17H19NO2.C15H25N3O2/c1-12-5-4-6-13(2)17(12)15-9-14(10-18-11-15)7-8-16(19)20-3;1-11(2)9-13(15(16)20)18-10-12(5-6-14(18)19)7-8-17(3)4/h4-6,9-11H,7-8H2,1-3H3;5-6,10-11,13H,7-9H2,1-4H3,(H2,16,20). The quantitative estimate of drug-likeness (QED) is 0.354. The van der Waals surface area contributed by atoms with E-state index in [1.165, 1.54) is 34.4 Å². The van der Waals surface area contributed by atoms with Crippen LogP contribution in [0.5, 0.6) is 0 Å². The van der Waals surface area contributed by atoms with Gasteiger partial charge in [0.15, 0.2) is 0 Å². The maximum atomic E-state index is 12.0. The molecule has 1 amide bonds. The average molecular weight is 549 g/mol. The first-order valence-corrected chi connectivity index (χ1v) is 13.6. The van der Waals surface area contributed by atoms with Crippen molar-refractivity contribution < 1.29 is 14.3 Å².